The van der Waals surface area contributed by atoms with Gasteiger partial charge in [0.2, 0.25) is 5.91 Å². The van der Waals surface area contributed by atoms with Gasteiger partial charge in [0.05, 0.1) is 17.0 Å². The van der Waals surface area contributed by atoms with Crippen LogP contribution in [0.2, 0.25) is 0 Å². The molecule has 1 amide bonds. The summed E-state index contributed by atoms with van der Waals surface area (Å²) in [6.45, 7) is 10.2. The first kappa shape index (κ1) is 17.7. The van der Waals surface area contributed by atoms with Crippen LogP contribution in [0.5, 0.6) is 0 Å². The molecule has 2 heterocycles. The summed E-state index contributed by atoms with van der Waals surface area (Å²) < 4.78 is 0. The van der Waals surface area contributed by atoms with Gasteiger partial charge >= 0.3 is 0 Å². The zero-order valence-corrected chi connectivity index (χ0v) is 16.1. The fourth-order valence-corrected chi connectivity index (χ4v) is 4.01. The minimum atomic E-state index is -0.365. The van der Waals surface area contributed by atoms with Crippen molar-refractivity contribution in [2.24, 2.45) is 0 Å². The van der Waals surface area contributed by atoms with Crippen molar-refractivity contribution in [1.29, 1.82) is 0 Å². The highest BCUT2D eigenvalue weighted by Gasteiger charge is 2.35. The van der Waals surface area contributed by atoms with Crippen molar-refractivity contribution in [3.8, 4) is 0 Å². The molecule has 0 aliphatic carbocycles. The lowest BCUT2D eigenvalue weighted by atomic mass is 9.88. The quantitative estimate of drug-likeness (QED) is 0.605. The number of aromatic nitrogens is 2. The van der Waals surface area contributed by atoms with Crippen molar-refractivity contribution in [3.63, 3.8) is 0 Å². The summed E-state index contributed by atoms with van der Waals surface area (Å²) in [5.41, 5.74) is 5.00. The molecule has 25 heavy (non-hydrogen) atoms. The average molecular weight is 353 g/mol. The molecule has 5 heteroatoms. The van der Waals surface area contributed by atoms with Gasteiger partial charge in [-0.15, -0.1) is 0 Å². The van der Waals surface area contributed by atoms with Crippen LogP contribution in [-0.2, 0) is 4.79 Å². The highest BCUT2D eigenvalue weighted by Crippen LogP contribution is 2.39. The van der Waals surface area contributed by atoms with Crippen molar-refractivity contribution >= 4 is 28.9 Å². The molecule has 4 nitrogen and oxygen atoms in total. The second kappa shape index (κ2) is 6.64. The van der Waals surface area contributed by atoms with Crippen LogP contribution in [0.3, 0.4) is 0 Å². The zero-order chi connectivity index (χ0) is 18.2. The molecular weight excluding hydrogens is 330 g/mol. The Morgan fingerprint density at radius 2 is 1.96 bits per heavy atom. The molecule has 0 saturated carbocycles. The Kier molecular flexibility index (Phi) is 4.69. The summed E-state index contributed by atoms with van der Waals surface area (Å²) in [5, 5.41) is 0.638. The molecule has 2 aromatic rings. The fourth-order valence-electron chi connectivity index (χ4n) is 3.28. The molecule has 0 fully saturated rings. The molecule has 0 spiro atoms. The number of anilines is 1. The van der Waals surface area contributed by atoms with E-state index in [-0.39, 0.29) is 11.4 Å². The van der Waals surface area contributed by atoms with Crippen LogP contribution in [0.1, 0.15) is 37.6 Å². The van der Waals surface area contributed by atoms with E-state index in [1.165, 1.54) is 17.3 Å². The molecule has 1 aromatic carbocycles. The van der Waals surface area contributed by atoms with Crippen LogP contribution in [-0.4, -0.2) is 27.2 Å². The highest BCUT2D eigenvalue weighted by molar-refractivity contribution is 7.99. The van der Waals surface area contributed by atoms with E-state index in [9.17, 15) is 4.79 Å². The van der Waals surface area contributed by atoms with Crippen LogP contribution in [0.4, 0.5) is 5.69 Å². The Morgan fingerprint density at radius 1 is 1.20 bits per heavy atom. The summed E-state index contributed by atoms with van der Waals surface area (Å²) in [7, 11) is 0. The number of fused-ring (bicyclic) bond motifs is 1. The van der Waals surface area contributed by atoms with Gasteiger partial charge in [-0.2, -0.15) is 0 Å². The number of benzene rings is 1. The lowest BCUT2D eigenvalue weighted by Crippen LogP contribution is -2.49. The maximum absolute atomic E-state index is 13.1. The first-order chi connectivity index (χ1) is 11.8. The van der Waals surface area contributed by atoms with E-state index < -0.39 is 0 Å². The number of rotatable bonds is 3. The smallest absolute Gasteiger partial charge is 0.238 e. The SMILES string of the molecule is CC1=CC(C)(C)N(C(=O)CSc2nccc(C)n2)c2cc(C)ccc21. The number of carbonyl (C=O) groups is 1. The molecule has 0 N–H and O–H groups in total. The number of allylic oxidation sites excluding steroid dienone is 1. The summed E-state index contributed by atoms with van der Waals surface area (Å²) in [5.74, 6) is 0.378. The number of nitrogens with zero attached hydrogens (tertiary/aromatic N) is 3. The molecule has 1 aliphatic rings. The van der Waals surface area contributed by atoms with E-state index in [4.69, 9.17) is 0 Å². The van der Waals surface area contributed by atoms with Crippen molar-refractivity contribution in [2.75, 3.05) is 10.7 Å². The third-order valence-electron chi connectivity index (χ3n) is 4.31. The van der Waals surface area contributed by atoms with Crippen LogP contribution in [0.15, 0.2) is 41.7 Å². The minimum absolute atomic E-state index is 0.0655. The summed E-state index contributed by atoms with van der Waals surface area (Å²) in [6.07, 6.45) is 3.89. The Balaban J connectivity index is 1.89. The molecule has 0 unspecified atom stereocenters. The number of hydrogen-bond acceptors (Lipinski definition) is 4. The number of amides is 1. The maximum atomic E-state index is 13.1. The number of carbonyl (C=O) groups excluding carboxylic acids is 1. The standard InChI is InChI=1S/C20H23N3OS/c1-13-6-7-16-14(2)11-20(4,5)23(17(16)10-13)18(24)12-25-19-21-9-8-15(3)22-19/h6-11H,12H2,1-5H3. The Hall–Kier alpha value is -2.14. The molecule has 0 atom stereocenters. The lowest BCUT2D eigenvalue weighted by Gasteiger charge is -2.41. The monoisotopic (exact) mass is 353 g/mol. The summed E-state index contributed by atoms with van der Waals surface area (Å²) in [4.78, 5) is 23.6. The molecule has 130 valence electrons. The van der Waals surface area contributed by atoms with Crippen molar-refractivity contribution in [3.05, 3.63) is 53.4 Å². The summed E-state index contributed by atoms with van der Waals surface area (Å²) in [6, 6.07) is 8.14. The van der Waals surface area contributed by atoms with Crippen molar-refractivity contribution in [1.82, 2.24) is 9.97 Å². The minimum Gasteiger partial charge on any atom is -0.302 e. The van der Waals surface area contributed by atoms with Gasteiger partial charge in [0, 0.05) is 17.5 Å². The van der Waals surface area contributed by atoms with E-state index in [1.807, 2.05) is 17.9 Å². The molecule has 3 rings (SSSR count). The second-order valence-electron chi connectivity index (χ2n) is 7.00. The summed E-state index contributed by atoms with van der Waals surface area (Å²) >= 11 is 1.38. The molecule has 1 aromatic heterocycles. The lowest BCUT2D eigenvalue weighted by molar-refractivity contribution is -0.116. The van der Waals surface area contributed by atoms with Crippen molar-refractivity contribution < 1.29 is 4.79 Å². The topological polar surface area (TPSA) is 46.1 Å². The average Bonchev–Trinajstić information content (AvgIpc) is 2.51. The van der Waals surface area contributed by atoms with Crippen LogP contribution >= 0.6 is 11.8 Å². The highest BCUT2D eigenvalue weighted by atomic mass is 32.2. The fraction of sp³-hybridized carbons (Fsp3) is 0.350. The van der Waals surface area contributed by atoms with Crippen LogP contribution in [0.25, 0.3) is 5.57 Å². The van der Waals surface area contributed by atoms with Crippen LogP contribution in [0, 0.1) is 13.8 Å². The van der Waals surface area contributed by atoms with Gasteiger partial charge in [-0.3, -0.25) is 4.79 Å². The van der Waals surface area contributed by atoms with Gasteiger partial charge in [-0.05, 0) is 57.9 Å². The van der Waals surface area contributed by atoms with E-state index >= 15 is 0 Å². The molecule has 0 saturated heterocycles. The van der Waals surface area contributed by atoms with Gasteiger partial charge in [-0.25, -0.2) is 9.97 Å². The second-order valence-corrected chi connectivity index (χ2v) is 7.94. The third-order valence-corrected chi connectivity index (χ3v) is 5.16. The first-order valence-electron chi connectivity index (χ1n) is 8.34. The molecule has 1 aliphatic heterocycles. The maximum Gasteiger partial charge on any atom is 0.238 e. The Labute approximate surface area is 153 Å². The van der Waals surface area contributed by atoms with Crippen molar-refractivity contribution in [2.45, 2.75) is 45.3 Å². The third kappa shape index (κ3) is 3.61. The van der Waals surface area contributed by atoms with Gasteiger partial charge < -0.3 is 4.90 Å². The predicted octanol–water partition coefficient (Wildman–Crippen LogP) is 4.41. The van der Waals surface area contributed by atoms with E-state index in [2.05, 4.69) is 61.9 Å². The normalized spacial score (nSPS) is 15.6. The molecule has 0 bridgehead atoms. The Bertz CT molecular complexity index is 858. The number of thioether (sulfide) groups is 1. The molecule has 0 radical (unpaired) electrons. The van der Waals surface area contributed by atoms with Gasteiger partial charge in [0.1, 0.15) is 0 Å². The largest absolute Gasteiger partial charge is 0.302 e. The number of hydrogen-bond donors (Lipinski definition) is 0. The van der Waals surface area contributed by atoms with Gasteiger partial charge in [0.25, 0.3) is 0 Å². The van der Waals surface area contributed by atoms with Crippen LogP contribution < -0.4 is 4.90 Å². The van der Waals surface area contributed by atoms with E-state index in [1.54, 1.807) is 6.20 Å². The van der Waals surface area contributed by atoms with E-state index in [0.29, 0.717) is 10.9 Å². The Morgan fingerprint density at radius 3 is 2.68 bits per heavy atom. The predicted molar refractivity (Wildman–Crippen MR) is 104 cm³/mol. The first-order valence-corrected chi connectivity index (χ1v) is 9.32. The number of aryl methyl sites for hydroxylation is 2. The van der Waals surface area contributed by atoms with Gasteiger partial charge in [-0.1, -0.05) is 30.0 Å². The van der Waals surface area contributed by atoms with Gasteiger partial charge in [0.15, 0.2) is 5.16 Å². The molecular formula is C20H23N3OS. The van der Waals surface area contributed by atoms with E-state index in [0.717, 1.165) is 22.5 Å². The zero-order valence-electron chi connectivity index (χ0n) is 15.3.